The van der Waals surface area contributed by atoms with E-state index in [0.29, 0.717) is 38.2 Å². The van der Waals surface area contributed by atoms with Crippen LogP contribution >= 0.6 is 0 Å². The van der Waals surface area contributed by atoms with Crippen molar-refractivity contribution >= 4 is 22.9 Å². The summed E-state index contributed by atoms with van der Waals surface area (Å²) in [6, 6.07) is 7.55. The van der Waals surface area contributed by atoms with Gasteiger partial charge in [-0.1, -0.05) is 17.7 Å². The second-order valence-electron chi connectivity index (χ2n) is 7.77. The standard InChI is InChI=1S/C22H25N5O4/c1-4-31-22(30)15-9-11-26(12-10-15)20(28)18-17-19(21(29)25(3)13-23-17)27(24-18)16-7-5-14(2)6-8-16/h5-8,13,15H,4,9-12H2,1-3H3. The van der Waals surface area contributed by atoms with Gasteiger partial charge in [-0.2, -0.15) is 5.10 Å². The smallest absolute Gasteiger partial charge is 0.309 e. The molecule has 1 aromatic carbocycles. The Morgan fingerprint density at radius 3 is 2.48 bits per heavy atom. The van der Waals surface area contributed by atoms with Gasteiger partial charge in [0.1, 0.15) is 5.52 Å². The fraction of sp³-hybridized carbons (Fsp3) is 0.409. The lowest BCUT2D eigenvalue weighted by atomic mass is 9.97. The molecule has 0 N–H and O–H groups in total. The van der Waals surface area contributed by atoms with Gasteiger partial charge in [-0.15, -0.1) is 0 Å². The second-order valence-corrected chi connectivity index (χ2v) is 7.77. The van der Waals surface area contributed by atoms with Crippen molar-refractivity contribution in [2.45, 2.75) is 26.7 Å². The second kappa shape index (κ2) is 8.33. The van der Waals surface area contributed by atoms with Crippen LogP contribution in [0.1, 0.15) is 35.8 Å². The van der Waals surface area contributed by atoms with Crippen molar-refractivity contribution in [3.05, 3.63) is 52.2 Å². The Labute approximate surface area is 179 Å². The molecule has 1 fully saturated rings. The monoisotopic (exact) mass is 423 g/mol. The molecule has 2 aromatic heterocycles. The fourth-order valence-electron chi connectivity index (χ4n) is 3.83. The molecule has 0 atom stereocenters. The Hall–Kier alpha value is -3.49. The molecule has 1 aliphatic heterocycles. The summed E-state index contributed by atoms with van der Waals surface area (Å²) in [5, 5.41) is 4.51. The molecule has 1 aliphatic rings. The van der Waals surface area contributed by atoms with Crippen molar-refractivity contribution in [1.82, 2.24) is 24.2 Å². The average Bonchev–Trinajstić information content (AvgIpc) is 3.17. The zero-order valence-corrected chi connectivity index (χ0v) is 17.9. The van der Waals surface area contributed by atoms with E-state index in [1.807, 2.05) is 31.2 Å². The maximum atomic E-state index is 13.3. The van der Waals surface area contributed by atoms with E-state index in [0.717, 1.165) is 5.56 Å². The van der Waals surface area contributed by atoms with Crippen molar-refractivity contribution in [2.75, 3.05) is 19.7 Å². The summed E-state index contributed by atoms with van der Waals surface area (Å²) in [4.78, 5) is 44.2. The van der Waals surface area contributed by atoms with E-state index in [-0.39, 0.29) is 40.1 Å². The summed E-state index contributed by atoms with van der Waals surface area (Å²) < 4.78 is 7.96. The molecule has 162 valence electrons. The summed E-state index contributed by atoms with van der Waals surface area (Å²) >= 11 is 0. The number of carbonyl (C=O) groups excluding carboxylic acids is 2. The SMILES string of the molecule is CCOC(=O)C1CCN(C(=O)c2nn(-c3ccc(C)cc3)c3c(=O)n(C)cnc23)CC1. The zero-order valence-electron chi connectivity index (χ0n) is 17.9. The lowest BCUT2D eigenvalue weighted by Gasteiger charge is -2.30. The number of piperidine rings is 1. The molecule has 0 radical (unpaired) electrons. The quantitative estimate of drug-likeness (QED) is 0.594. The third-order valence-corrected chi connectivity index (χ3v) is 5.63. The summed E-state index contributed by atoms with van der Waals surface area (Å²) in [5.41, 5.74) is 2.16. The number of hydrogen-bond acceptors (Lipinski definition) is 6. The number of fused-ring (bicyclic) bond motifs is 1. The highest BCUT2D eigenvalue weighted by Gasteiger charge is 2.31. The van der Waals surface area contributed by atoms with Crippen molar-refractivity contribution < 1.29 is 14.3 Å². The molecule has 0 saturated carbocycles. The lowest BCUT2D eigenvalue weighted by Crippen LogP contribution is -2.41. The molecule has 1 saturated heterocycles. The Bertz CT molecular complexity index is 1190. The van der Waals surface area contributed by atoms with Crippen LogP contribution in [-0.2, 0) is 16.6 Å². The highest BCUT2D eigenvalue weighted by Crippen LogP contribution is 2.23. The Morgan fingerprint density at radius 1 is 1.16 bits per heavy atom. The van der Waals surface area contributed by atoms with Crippen molar-refractivity contribution in [3.8, 4) is 5.69 Å². The van der Waals surface area contributed by atoms with E-state index in [4.69, 9.17) is 4.74 Å². The van der Waals surface area contributed by atoms with E-state index < -0.39 is 0 Å². The van der Waals surface area contributed by atoms with Gasteiger partial charge < -0.3 is 14.2 Å². The summed E-state index contributed by atoms with van der Waals surface area (Å²) in [5.74, 6) is -0.705. The number of aryl methyl sites for hydroxylation is 2. The van der Waals surface area contributed by atoms with Gasteiger partial charge in [0.15, 0.2) is 11.2 Å². The number of ether oxygens (including phenoxy) is 1. The van der Waals surface area contributed by atoms with Crippen LogP contribution < -0.4 is 5.56 Å². The van der Waals surface area contributed by atoms with Crippen LogP contribution in [0, 0.1) is 12.8 Å². The van der Waals surface area contributed by atoms with Crippen molar-refractivity contribution in [3.63, 3.8) is 0 Å². The fourth-order valence-corrected chi connectivity index (χ4v) is 3.83. The van der Waals surface area contributed by atoms with Crippen LogP contribution in [0.5, 0.6) is 0 Å². The number of likely N-dealkylation sites (tertiary alicyclic amines) is 1. The lowest BCUT2D eigenvalue weighted by molar-refractivity contribution is -0.149. The van der Waals surface area contributed by atoms with E-state index in [1.165, 1.54) is 15.6 Å². The number of aromatic nitrogens is 4. The number of nitrogens with zero attached hydrogens (tertiary/aromatic N) is 5. The van der Waals surface area contributed by atoms with Crippen molar-refractivity contribution in [1.29, 1.82) is 0 Å². The Kier molecular flexibility index (Phi) is 5.58. The minimum atomic E-state index is -0.293. The van der Waals surface area contributed by atoms with Gasteiger partial charge in [0, 0.05) is 20.1 Å². The molecular weight excluding hydrogens is 398 g/mol. The summed E-state index contributed by atoms with van der Waals surface area (Å²) in [6.07, 6.45) is 2.47. The van der Waals surface area contributed by atoms with E-state index >= 15 is 0 Å². The third kappa shape index (κ3) is 3.83. The van der Waals surface area contributed by atoms with Crippen LogP contribution in [0.2, 0.25) is 0 Å². The Morgan fingerprint density at radius 2 is 1.84 bits per heavy atom. The first-order valence-corrected chi connectivity index (χ1v) is 10.4. The van der Waals surface area contributed by atoms with Crippen molar-refractivity contribution in [2.24, 2.45) is 13.0 Å². The van der Waals surface area contributed by atoms with Gasteiger partial charge in [-0.3, -0.25) is 14.4 Å². The molecule has 9 nitrogen and oxygen atoms in total. The molecule has 0 unspecified atom stereocenters. The number of rotatable bonds is 4. The maximum Gasteiger partial charge on any atom is 0.309 e. The minimum Gasteiger partial charge on any atom is -0.466 e. The number of benzene rings is 1. The normalized spacial score (nSPS) is 14.7. The molecule has 1 amide bonds. The Balaban J connectivity index is 1.69. The van der Waals surface area contributed by atoms with E-state index in [2.05, 4.69) is 10.1 Å². The average molecular weight is 423 g/mol. The first-order valence-electron chi connectivity index (χ1n) is 10.4. The largest absolute Gasteiger partial charge is 0.466 e. The maximum absolute atomic E-state index is 13.3. The van der Waals surface area contributed by atoms with Gasteiger partial charge in [0.05, 0.1) is 24.5 Å². The van der Waals surface area contributed by atoms with Crippen LogP contribution in [-0.4, -0.2) is 55.8 Å². The molecule has 9 heteroatoms. The number of esters is 1. The van der Waals surface area contributed by atoms with Gasteiger partial charge in [0.25, 0.3) is 11.5 Å². The van der Waals surface area contributed by atoms with Gasteiger partial charge >= 0.3 is 5.97 Å². The van der Waals surface area contributed by atoms with Gasteiger partial charge in [0.2, 0.25) is 0 Å². The summed E-state index contributed by atoms with van der Waals surface area (Å²) in [7, 11) is 1.61. The van der Waals surface area contributed by atoms with E-state index in [9.17, 15) is 14.4 Å². The van der Waals surface area contributed by atoms with Crippen LogP contribution in [0.25, 0.3) is 16.7 Å². The molecule has 3 aromatic rings. The zero-order chi connectivity index (χ0) is 22.1. The first kappa shape index (κ1) is 20.8. The molecule has 4 rings (SSSR count). The van der Waals surface area contributed by atoms with Gasteiger partial charge in [-0.25, -0.2) is 9.67 Å². The third-order valence-electron chi connectivity index (χ3n) is 5.63. The number of amides is 1. The van der Waals surface area contributed by atoms with E-state index in [1.54, 1.807) is 18.9 Å². The molecule has 0 spiro atoms. The minimum absolute atomic E-state index is 0.142. The first-order chi connectivity index (χ1) is 14.9. The highest BCUT2D eigenvalue weighted by atomic mass is 16.5. The molecule has 3 heterocycles. The van der Waals surface area contributed by atoms with Crippen LogP contribution in [0.3, 0.4) is 0 Å². The molecular formula is C22H25N5O4. The topological polar surface area (TPSA) is 99.3 Å². The molecule has 0 aliphatic carbocycles. The predicted octanol–water partition coefficient (Wildman–Crippen LogP) is 1.84. The van der Waals surface area contributed by atoms with Gasteiger partial charge in [-0.05, 0) is 38.8 Å². The number of hydrogen-bond donors (Lipinski definition) is 0. The molecule has 31 heavy (non-hydrogen) atoms. The highest BCUT2D eigenvalue weighted by molar-refractivity contribution is 6.03. The predicted molar refractivity (Wildman–Crippen MR) is 114 cm³/mol. The number of carbonyl (C=O) groups is 2. The van der Waals surface area contributed by atoms with Crippen LogP contribution in [0.15, 0.2) is 35.4 Å². The van der Waals surface area contributed by atoms with Crippen LogP contribution in [0.4, 0.5) is 0 Å². The summed E-state index contributed by atoms with van der Waals surface area (Å²) in [6.45, 7) is 4.95. The molecule has 0 bridgehead atoms.